The lowest BCUT2D eigenvalue weighted by Gasteiger charge is -2.29. The second-order valence-electron chi connectivity index (χ2n) is 9.12. The van der Waals surface area contributed by atoms with E-state index >= 15 is 0 Å². The van der Waals surface area contributed by atoms with E-state index in [1.807, 2.05) is 0 Å². The summed E-state index contributed by atoms with van der Waals surface area (Å²) in [6.07, 6.45) is 0.0748. The van der Waals surface area contributed by atoms with Gasteiger partial charge in [0.25, 0.3) is 5.56 Å². The second kappa shape index (κ2) is 11.1. The summed E-state index contributed by atoms with van der Waals surface area (Å²) in [7, 11) is 0. The number of rotatable bonds is 9. The number of para-hydroxylation sites is 1. The molecule has 0 saturated carbocycles. The molecule has 3 aromatic rings. The van der Waals surface area contributed by atoms with Gasteiger partial charge in [-0.3, -0.25) is 19.2 Å². The zero-order chi connectivity index (χ0) is 27.4. The predicted octanol–water partition coefficient (Wildman–Crippen LogP) is -0.0906. The Hall–Kier alpha value is -4.74. The number of carbonyl (C=O) groups excluding carboxylic acids is 3. The number of H-pyrrole nitrogens is 1. The summed E-state index contributed by atoms with van der Waals surface area (Å²) in [6, 6.07) is 11.4. The molecule has 2 aromatic carbocycles. The van der Waals surface area contributed by atoms with Gasteiger partial charge < -0.3 is 26.0 Å². The molecule has 0 aliphatic carbocycles. The monoisotopic (exact) mass is 521 g/mol. The fraction of sp³-hybridized carbons (Fsp3) is 0.308. The van der Waals surface area contributed by atoms with Crippen LogP contribution < -0.4 is 22.3 Å². The molecular formula is C26H27N5O7. The van der Waals surface area contributed by atoms with Gasteiger partial charge in [-0.1, -0.05) is 42.5 Å². The van der Waals surface area contributed by atoms with Gasteiger partial charge in [-0.25, -0.2) is 14.2 Å². The SMILES string of the molecule is NC(=O)C[C@H](NC(=O)[C@@H]1CCCN1C(=O)[C@H](Cc1ccccc1)n1c(=O)[nH]c2ccccc2c1=O)C(=O)O. The van der Waals surface area contributed by atoms with Crippen LogP contribution in [0, 0.1) is 0 Å². The fourth-order valence-corrected chi connectivity index (χ4v) is 4.75. The van der Waals surface area contributed by atoms with E-state index in [9.17, 15) is 33.9 Å². The van der Waals surface area contributed by atoms with Gasteiger partial charge in [-0.05, 0) is 30.5 Å². The lowest BCUT2D eigenvalue weighted by Crippen LogP contribution is -2.54. The Labute approximate surface area is 216 Å². The largest absolute Gasteiger partial charge is 0.480 e. The molecule has 12 nitrogen and oxygen atoms in total. The number of fused-ring (bicyclic) bond motifs is 1. The summed E-state index contributed by atoms with van der Waals surface area (Å²) in [5, 5.41) is 11.9. The highest BCUT2D eigenvalue weighted by Crippen LogP contribution is 2.24. The maximum absolute atomic E-state index is 13.9. The molecule has 38 heavy (non-hydrogen) atoms. The molecule has 4 rings (SSSR count). The molecule has 3 atom stereocenters. The van der Waals surface area contributed by atoms with Gasteiger partial charge in [0, 0.05) is 13.0 Å². The lowest BCUT2D eigenvalue weighted by atomic mass is 10.0. The molecule has 1 saturated heterocycles. The van der Waals surface area contributed by atoms with E-state index in [0.717, 1.165) is 4.57 Å². The molecule has 12 heteroatoms. The molecule has 1 aliphatic rings. The van der Waals surface area contributed by atoms with Crippen molar-refractivity contribution < 1.29 is 24.3 Å². The zero-order valence-corrected chi connectivity index (χ0v) is 20.3. The number of nitrogens with zero attached hydrogens (tertiary/aromatic N) is 2. The van der Waals surface area contributed by atoms with Crippen molar-refractivity contribution in [2.24, 2.45) is 5.73 Å². The summed E-state index contributed by atoms with van der Waals surface area (Å²) in [6.45, 7) is 0.163. The number of carbonyl (C=O) groups is 4. The van der Waals surface area contributed by atoms with Crippen LogP contribution in [0.25, 0.3) is 10.9 Å². The molecule has 5 N–H and O–H groups in total. The van der Waals surface area contributed by atoms with Gasteiger partial charge in [-0.15, -0.1) is 0 Å². The minimum atomic E-state index is -1.55. The lowest BCUT2D eigenvalue weighted by molar-refractivity contribution is -0.145. The molecule has 198 valence electrons. The summed E-state index contributed by atoms with van der Waals surface area (Å²) in [5.41, 5.74) is 4.71. The number of likely N-dealkylation sites (tertiary alicyclic amines) is 1. The van der Waals surface area contributed by atoms with E-state index in [2.05, 4.69) is 10.3 Å². The molecule has 3 amide bonds. The van der Waals surface area contributed by atoms with E-state index in [-0.39, 0.29) is 24.8 Å². The number of hydrogen-bond donors (Lipinski definition) is 4. The number of nitrogens with two attached hydrogens (primary N) is 1. The van der Waals surface area contributed by atoms with Crippen molar-refractivity contribution in [2.45, 2.75) is 43.8 Å². The van der Waals surface area contributed by atoms with E-state index in [4.69, 9.17) is 5.73 Å². The highest BCUT2D eigenvalue weighted by Gasteiger charge is 2.40. The molecule has 0 radical (unpaired) electrons. The fourth-order valence-electron chi connectivity index (χ4n) is 4.75. The Bertz CT molecular complexity index is 1500. The third-order valence-corrected chi connectivity index (χ3v) is 6.56. The van der Waals surface area contributed by atoms with Crippen LogP contribution in [0.2, 0.25) is 0 Å². The number of carboxylic acid groups (broad SMARTS) is 1. The molecular weight excluding hydrogens is 494 g/mol. The van der Waals surface area contributed by atoms with Crippen LogP contribution in [0.4, 0.5) is 0 Å². The van der Waals surface area contributed by atoms with Gasteiger partial charge in [0.05, 0.1) is 17.3 Å². The third-order valence-electron chi connectivity index (χ3n) is 6.56. The van der Waals surface area contributed by atoms with E-state index in [1.165, 1.54) is 4.90 Å². The second-order valence-corrected chi connectivity index (χ2v) is 9.12. The van der Waals surface area contributed by atoms with Crippen LogP contribution in [-0.2, 0) is 25.6 Å². The highest BCUT2D eigenvalue weighted by atomic mass is 16.4. The minimum absolute atomic E-state index is 0.00522. The first kappa shape index (κ1) is 26.3. The van der Waals surface area contributed by atoms with Crippen molar-refractivity contribution in [1.82, 2.24) is 19.8 Å². The molecule has 1 aromatic heterocycles. The molecule has 2 heterocycles. The first-order valence-corrected chi connectivity index (χ1v) is 12.1. The van der Waals surface area contributed by atoms with Crippen LogP contribution in [0.1, 0.15) is 30.9 Å². The Kier molecular flexibility index (Phi) is 7.70. The number of benzene rings is 2. The average molecular weight is 522 g/mol. The number of carboxylic acids is 1. The van der Waals surface area contributed by atoms with Crippen molar-refractivity contribution >= 4 is 34.6 Å². The van der Waals surface area contributed by atoms with E-state index in [0.29, 0.717) is 17.5 Å². The van der Waals surface area contributed by atoms with Gasteiger partial charge in [0.2, 0.25) is 17.7 Å². The van der Waals surface area contributed by atoms with Gasteiger partial charge >= 0.3 is 11.7 Å². The van der Waals surface area contributed by atoms with Crippen molar-refractivity contribution in [3.05, 3.63) is 81.0 Å². The number of aliphatic carboxylic acids is 1. The van der Waals surface area contributed by atoms with Crippen molar-refractivity contribution in [2.75, 3.05) is 6.54 Å². The number of hydrogen-bond acceptors (Lipinski definition) is 6. The Balaban J connectivity index is 1.71. The van der Waals surface area contributed by atoms with Crippen LogP contribution >= 0.6 is 0 Å². The first-order chi connectivity index (χ1) is 18.2. The quantitative estimate of drug-likeness (QED) is 0.303. The summed E-state index contributed by atoms with van der Waals surface area (Å²) >= 11 is 0. The van der Waals surface area contributed by atoms with Gasteiger partial charge in [0.1, 0.15) is 18.1 Å². The Morgan fingerprint density at radius 1 is 1.05 bits per heavy atom. The van der Waals surface area contributed by atoms with Crippen molar-refractivity contribution in [3.63, 3.8) is 0 Å². The van der Waals surface area contributed by atoms with Gasteiger partial charge in [0.15, 0.2) is 0 Å². The number of primary amides is 1. The standard InChI is InChI=1S/C26H27N5O7/c27-21(32)14-18(25(36)37)28-22(33)19-11-6-12-30(19)24(35)20(13-15-7-2-1-3-8-15)31-23(34)16-9-4-5-10-17(16)29-26(31)38/h1-5,7-10,18-20H,6,11-14H2,(H2,27,32)(H,28,33)(H,29,38)(H,36,37)/t18-,19-,20-/m0/s1. The summed E-state index contributed by atoms with van der Waals surface area (Å²) in [5.74, 6) is -3.74. The van der Waals surface area contributed by atoms with Gasteiger partial charge in [-0.2, -0.15) is 0 Å². The Morgan fingerprint density at radius 2 is 1.74 bits per heavy atom. The maximum Gasteiger partial charge on any atom is 0.329 e. The third kappa shape index (κ3) is 5.48. The molecule has 1 fully saturated rings. The normalized spacial score (nSPS) is 16.6. The van der Waals surface area contributed by atoms with E-state index < -0.39 is 59.5 Å². The van der Waals surface area contributed by atoms with Crippen LogP contribution in [-0.4, -0.2) is 61.9 Å². The number of aromatic amines is 1. The predicted molar refractivity (Wildman–Crippen MR) is 136 cm³/mol. The number of amides is 3. The summed E-state index contributed by atoms with van der Waals surface area (Å²) in [4.78, 5) is 80.1. The average Bonchev–Trinajstić information content (AvgIpc) is 3.38. The molecule has 0 bridgehead atoms. The molecule has 0 unspecified atom stereocenters. The van der Waals surface area contributed by atoms with Crippen LogP contribution in [0.15, 0.2) is 64.2 Å². The van der Waals surface area contributed by atoms with Crippen LogP contribution in [0.3, 0.4) is 0 Å². The van der Waals surface area contributed by atoms with Crippen molar-refractivity contribution in [1.29, 1.82) is 0 Å². The smallest absolute Gasteiger partial charge is 0.329 e. The first-order valence-electron chi connectivity index (χ1n) is 12.1. The number of nitrogens with one attached hydrogen (secondary N) is 2. The zero-order valence-electron chi connectivity index (χ0n) is 20.3. The minimum Gasteiger partial charge on any atom is -0.480 e. The van der Waals surface area contributed by atoms with E-state index in [1.54, 1.807) is 54.6 Å². The molecule has 0 spiro atoms. The number of aromatic nitrogens is 2. The Morgan fingerprint density at radius 3 is 2.42 bits per heavy atom. The highest BCUT2D eigenvalue weighted by molar-refractivity contribution is 5.93. The maximum atomic E-state index is 13.9. The summed E-state index contributed by atoms with van der Waals surface area (Å²) < 4.78 is 0.873. The van der Waals surface area contributed by atoms with Crippen molar-refractivity contribution in [3.8, 4) is 0 Å². The molecule has 1 aliphatic heterocycles. The topological polar surface area (TPSA) is 185 Å². The van der Waals surface area contributed by atoms with Crippen LogP contribution in [0.5, 0.6) is 0 Å².